The summed E-state index contributed by atoms with van der Waals surface area (Å²) in [5.74, 6) is 0. The number of hydrogen-bond donors (Lipinski definition) is 2. The van der Waals surface area contributed by atoms with Crippen LogP contribution in [-0.2, 0) is 6.42 Å². The Labute approximate surface area is 134 Å². The number of aromatic nitrogens is 4. The SMILES string of the molecule is Cc1cc(NCCCc2ccccn2)c2n[nH]c(=O)n2c1.Cl. The Bertz CT molecular complexity index is 797. The molecule has 116 valence electrons. The Hall–Kier alpha value is -2.34. The zero-order chi connectivity index (χ0) is 14.7. The molecule has 2 N–H and O–H groups in total. The number of rotatable bonds is 5. The lowest BCUT2D eigenvalue weighted by atomic mass is 10.2. The second-order valence-corrected chi connectivity index (χ2v) is 5.00. The minimum atomic E-state index is -0.217. The molecular weight excluding hydrogens is 302 g/mol. The van der Waals surface area contributed by atoms with Crippen LogP contribution in [0.1, 0.15) is 17.7 Å². The van der Waals surface area contributed by atoms with Gasteiger partial charge >= 0.3 is 5.69 Å². The molecule has 0 unspecified atom stereocenters. The summed E-state index contributed by atoms with van der Waals surface area (Å²) < 4.78 is 1.52. The molecule has 0 aromatic carbocycles. The van der Waals surface area contributed by atoms with Gasteiger partial charge in [-0.15, -0.1) is 12.4 Å². The summed E-state index contributed by atoms with van der Waals surface area (Å²) >= 11 is 0. The van der Waals surface area contributed by atoms with Crippen LogP contribution in [-0.4, -0.2) is 26.1 Å². The first-order valence-corrected chi connectivity index (χ1v) is 6.95. The van der Waals surface area contributed by atoms with Crippen molar-refractivity contribution in [1.29, 1.82) is 0 Å². The summed E-state index contributed by atoms with van der Waals surface area (Å²) in [6.07, 6.45) is 5.47. The number of pyridine rings is 2. The fourth-order valence-electron chi connectivity index (χ4n) is 2.32. The second-order valence-electron chi connectivity index (χ2n) is 5.00. The van der Waals surface area contributed by atoms with Crippen molar-refractivity contribution in [1.82, 2.24) is 19.6 Å². The predicted octanol–water partition coefficient (Wildman–Crippen LogP) is 2.19. The Kier molecular flexibility index (Phi) is 5.16. The molecule has 0 saturated carbocycles. The van der Waals surface area contributed by atoms with Gasteiger partial charge in [0.2, 0.25) is 0 Å². The first-order valence-electron chi connectivity index (χ1n) is 6.95. The number of halogens is 1. The van der Waals surface area contributed by atoms with Gasteiger partial charge < -0.3 is 5.32 Å². The molecule has 0 spiro atoms. The van der Waals surface area contributed by atoms with E-state index < -0.39 is 0 Å². The zero-order valence-electron chi connectivity index (χ0n) is 12.2. The number of nitrogens with zero attached hydrogens (tertiary/aromatic N) is 3. The lowest BCUT2D eigenvalue weighted by Crippen LogP contribution is -2.11. The van der Waals surface area contributed by atoms with Gasteiger partial charge in [0.25, 0.3) is 0 Å². The number of nitrogens with one attached hydrogen (secondary N) is 2. The van der Waals surface area contributed by atoms with Gasteiger partial charge in [-0.1, -0.05) is 6.07 Å². The van der Waals surface area contributed by atoms with Crippen LogP contribution >= 0.6 is 12.4 Å². The van der Waals surface area contributed by atoms with Crippen molar-refractivity contribution < 1.29 is 0 Å². The van der Waals surface area contributed by atoms with E-state index in [1.165, 1.54) is 4.40 Å². The minimum absolute atomic E-state index is 0. The van der Waals surface area contributed by atoms with Crippen molar-refractivity contribution in [3.8, 4) is 0 Å². The Morgan fingerprint density at radius 3 is 3.00 bits per heavy atom. The van der Waals surface area contributed by atoms with Crippen molar-refractivity contribution in [2.24, 2.45) is 0 Å². The van der Waals surface area contributed by atoms with Crippen LogP contribution < -0.4 is 11.0 Å². The van der Waals surface area contributed by atoms with Crippen molar-refractivity contribution >= 4 is 23.7 Å². The third kappa shape index (κ3) is 3.46. The lowest BCUT2D eigenvalue weighted by Gasteiger charge is -2.08. The third-order valence-corrected chi connectivity index (χ3v) is 3.30. The van der Waals surface area contributed by atoms with E-state index in [4.69, 9.17) is 0 Å². The van der Waals surface area contributed by atoms with E-state index in [9.17, 15) is 4.79 Å². The molecule has 0 aliphatic heterocycles. The number of aryl methyl sites for hydroxylation is 2. The molecule has 3 aromatic rings. The van der Waals surface area contributed by atoms with Gasteiger partial charge in [0.1, 0.15) is 0 Å². The molecule has 3 aromatic heterocycles. The molecule has 7 heteroatoms. The Balaban J connectivity index is 0.00000176. The summed E-state index contributed by atoms with van der Waals surface area (Å²) in [7, 11) is 0. The van der Waals surface area contributed by atoms with Crippen LogP contribution in [0.25, 0.3) is 5.65 Å². The maximum Gasteiger partial charge on any atom is 0.347 e. The molecule has 0 atom stereocenters. The summed E-state index contributed by atoms with van der Waals surface area (Å²) in [5, 5.41) is 9.86. The van der Waals surface area contributed by atoms with Crippen LogP contribution in [0, 0.1) is 6.92 Å². The number of hydrogen-bond acceptors (Lipinski definition) is 4. The fourth-order valence-corrected chi connectivity index (χ4v) is 2.32. The van der Waals surface area contributed by atoms with Crippen molar-refractivity contribution in [3.63, 3.8) is 0 Å². The van der Waals surface area contributed by atoms with Crippen molar-refractivity contribution in [3.05, 3.63) is 58.4 Å². The molecule has 0 bridgehead atoms. The van der Waals surface area contributed by atoms with Crippen LogP contribution in [0.5, 0.6) is 0 Å². The molecule has 3 rings (SSSR count). The molecule has 0 radical (unpaired) electrons. The standard InChI is InChI=1S/C15H17N5O.ClH/c1-11-9-13(14-18-19-15(21)20(14)10-11)17-8-4-6-12-5-2-3-7-16-12;/h2-3,5,7,9-10,17H,4,6,8H2,1H3,(H,19,21);1H. The van der Waals surface area contributed by atoms with E-state index in [1.807, 2.05) is 37.4 Å². The average molecular weight is 320 g/mol. The van der Waals surface area contributed by atoms with Gasteiger partial charge in [-0.05, 0) is 43.5 Å². The average Bonchev–Trinajstić information content (AvgIpc) is 2.86. The fraction of sp³-hybridized carbons (Fsp3) is 0.267. The third-order valence-electron chi connectivity index (χ3n) is 3.30. The highest BCUT2D eigenvalue weighted by Crippen LogP contribution is 2.15. The monoisotopic (exact) mass is 319 g/mol. The van der Waals surface area contributed by atoms with Crippen molar-refractivity contribution in [2.75, 3.05) is 11.9 Å². The molecule has 22 heavy (non-hydrogen) atoms. The van der Waals surface area contributed by atoms with E-state index in [0.717, 1.165) is 36.3 Å². The summed E-state index contributed by atoms with van der Waals surface area (Å²) in [6, 6.07) is 7.94. The molecule has 6 nitrogen and oxygen atoms in total. The molecular formula is C15H18ClN5O. The van der Waals surface area contributed by atoms with Gasteiger partial charge in [0.05, 0.1) is 5.69 Å². The predicted molar refractivity (Wildman–Crippen MR) is 88.8 cm³/mol. The van der Waals surface area contributed by atoms with Crippen LogP contribution in [0.15, 0.2) is 41.5 Å². The van der Waals surface area contributed by atoms with Gasteiger partial charge in [-0.25, -0.2) is 14.3 Å². The van der Waals surface area contributed by atoms with E-state index in [0.29, 0.717) is 5.65 Å². The molecule has 0 fully saturated rings. The zero-order valence-corrected chi connectivity index (χ0v) is 13.1. The smallest absolute Gasteiger partial charge is 0.347 e. The quantitative estimate of drug-likeness (QED) is 0.707. The highest BCUT2D eigenvalue weighted by atomic mass is 35.5. The van der Waals surface area contributed by atoms with E-state index >= 15 is 0 Å². The van der Waals surface area contributed by atoms with E-state index in [2.05, 4.69) is 20.5 Å². The van der Waals surface area contributed by atoms with Gasteiger partial charge in [0.15, 0.2) is 5.65 Å². The van der Waals surface area contributed by atoms with E-state index in [1.54, 1.807) is 6.20 Å². The van der Waals surface area contributed by atoms with Crippen LogP contribution in [0.2, 0.25) is 0 Å². The van der Waals surface area contributed by atoms with Gasteiger partial charge in [-0.3, -0.25) is 4.98 Å². The molecule has 3 heterocycles. The highest BCUT2D eigenvalue weighted by Gasteiger charge is 2.06. The second kappa shape index (κ2) is 7.09. The van der Waals surface area contributed by atoms with Gasteiger partial charge in [-0.2, -0.15) is 5.10 Å². The number of fused-ring (bicyclic) bond motifs is 1. The Morgan fingerprint density at radius 1 is 1.36 bits per heavy atom. The molecule has 0 aliphatic carbocycles. The van der Waals surface area contributed by atoms with Crippen molar-refractivity contribution in [2.45, 2.75) is 19.8 Å². The highest BCUT2D eigenvalue weighted by molar-refractivity contribution is 5.85. The number of aromatic amines is 1. The maximum absolute atomic E-state index is 11.6. The number of anilines is 1. The minimum Gasteiger partial charge on any atom is -0.382 e. The first-order chi connectivity index (χ1) is 10.2. The first kappa shape index (κ1) is 16.0. The summed E-state index contributed by atoms with van der Waals surface area (Å²) in [4.78, 5) is 15.9. The van der Waals surface area contributed by atoms with E-state index in [-0.39, 0.29) is 18.1 Å². The largest absolute Gasteiger partial charge is 0.382 e. The summed E-state index contributed by atoms with van der Waals surface area (Å²) in [5.41, 5.74) is 3.38. The van der Waals surface area contributed by atoms with Gasteiger partial charge in [0, 0.05) is 24.6 Å². The molecule has 0 aliphatic rings. The Morgan fingerprint density at radius 2 is 2.23 bits per heavy atom. The lowest BCUT2D eigenvalue weighted by molar-refractivity contribution is 0.836. The maximum atomic E-state index is 11.6. The topological polar surface area (TPSA) is 75.1 Å². The molecule has 0 amide bonds. The molecule has 0 saturated heterocycles. The summed E-state index contributed by atoms with van der Waals surface area (Å²) in [6.45, 7) is 2.76. The normalized spacial score (nSPS) is 10.4. The van der Waals surface area contributed by atoms with Crippen LogP contribution in [0.3, 0.4) is 0 Å². The number of H-pyrrole nitrogens is 1. The van der Waals surface area contributed by atoms with Crippen LogP contribution in [0.4, 0.5) is 5.69 Å².